The van der Waals surface area contributed by atoms with Crippen LogP contribution < -0.4 is 4.74 Å². The molecular formula is C19H12F2N2O3S. The van der Waals surface area contributed by atoms with Gasteiger partial charge in [-0.1, -0.05) is 11.3 Å². The number of nitrogens with zero attached hydrogens (tertiary/aromatic N) is 2. The predicted molar refractivity (Wildman–Crippen MR) is 96.4 cm³/mol. The molecule has 2 aromatic heterocycles. The standard InChI is InChI=1S/C19H12F2N2O3S/c1-9-18(17(25)11-3-5-12(6-4-11)26-10(2)24)27-19-22-15-7-13(20)14(21)8-16(15)23(9)19/h3-8H,1-2H3. The van der Waals surface area contributed by atoms with E-state index < -0.39 is 17.6 Å². The Morgan fingerprint density at radius 1 is 1.11 bits per heavy atom. The first kappa shape index (κ1) is 17.3. The van der Waals surface area contributed by atoms with Crippen LogP contribution in [0.4, 0.5) is 8.78 Å². The van der Waals surface area contributed by atoms with Crippen molar-refractivity contribution in [2.45, 2.75) is 13.8 Å². The van der Waals surface area contributed by atoms with Crippen molar-refractivity contribution in [2.24, 2.45) is 0 Å². The number of benzene rings is 2. The van der Waals surface area contributed by atoms with E-state index in [1.165, 1.54) is 19.1 Å². The smallest absolute Gasteiger partial charge is 0.308 e. The van der Waals surface area contributed by atoms with Crippen molar-refractivity contribution < 1.29 is 23.1 Å². The number of halogens is 2. The van der Waals surface area contributed by atoms with Crippen molar-refractivity contribution in [1.82, 2.24) is 9.38 Å². The maximum absolute atomic E-state index is 13.6. The molecule has 0 unspecified atom stereocenters. The zero-order valence-electron chi connectivity index (χ0n) is 14.2. The number of rotatable bonds is 3. The van der Waals surface area contributed by atoms with Gasteiger partial charge in [0.15, 0.2) is 16.6 Å². The molecule has 4 rings (SSSR count). The number of carbonyl (C=O) groups is 2. The van der Waals surface area contributed by atoms with Gasteiger partial charge in [0, 0.05) is 30.3 Å². The molecular weight excluding hydrogens is 374 g/mol. The van der Waals surface area contributed by atoms with Crippen LogP contribution in [0.5, 0.6) is 5.75 Å². The van der Waals surface area contributed by atoms with Gasteiger partial charge in [0.25, 0.3) is 0 Å². The Hall–Kier alpha value is -3.13. The molecule has 0 fully saturated rings. The molecule has 136 valence electrons. The molecule has 27 heavy (non-hydrogen) atoms. The summed E-state index contributed by atoms with van der Waals surface area (Å²) in [5.41, 5.74) is 1.74. The molecule has 0 bridgehead atoms. The molecule has 2 aromatic carbocycles. The molecule has 2 heterocycles. The molecule has 0 aliphatic rings. The highest BCUT2D eigenvalue weighted by Gasteiger charge is 2.21. The van der Waals surface area contributed by atoms with E-state index in [0.717, 1.165) is 23.5 Å². The molecule has 0 atom stereocenters. The number of ketones is 1. The number of carbonyl (C=O) groups excluding carboxylic acids is 2. The first-order chi connectivity index (χ1) is 12.8. The Morgan fingerprint density at radius 3 is 2.44 bits per heavy atom. The molecule has 0 N–H and O–H groups in total. The first-order valence-electron chi connectivity index (χ1n) is 7.95. The maximum Gasteiger partial charge on any atom is 0.308 e. The Morgan fingerprint density at radius 2 is 1.78 bits per heavy atom. The zero-order chi connectivity index (χ0) is 19.3. The number of imidazole rings is 1. The van der Waals surface area contributed by atoms with Crippen LogP contribution in [-0.4, -0.2) is 21.1 Å². The summed E-state index contributed by atoms with van der Waals surface area (Å²) in [5.74, 6) is -2.26. The summed E-state index contributed by atoms with van der Waals surface area (Å²) in [6.45, 7) is 3.02. The van der Waals surface area contributed by atoms with Crippen molar-refractivity contribution in [3.8, 4) is 5.75 Å². The van der Waals surface area contributed by atoms with Crippen LogP contribution >= 0.6 is 11.3 Å². The summed E-state index contributed by atoms with van der Waals surface area (Å²) >= 11 is 1.15. The van der Waals surface area contributed by atoms with Gasteiger partial charge < -0.3 is 4.74 Å². The minimum Gasteiger partial charge on any atom is -0.427 e. The van der Waals surface area contributed by atoms with Gasteiger partial charge in [0.1, 0.15) is 5.75 Å². The fourth-order valence-corrected chi connectivity index (χ4v) is 3.99. The fourth-order valence-electron chi connectivity index (χ4n) is 2.89. The maximum atomic E-state index is 13.6. The topological polar surface area (TPSA) is 60.7 Å². The van der Waals surface area contributed by atoms with Gasteiger partial charge >= 0.3 is 5.97 Å². The SMILES string of the molecule is CC(=O)Oc1ccc(C(=O)c2sc3nc4cc(F)c(F)cc4n3c2C)cc1. The van der Waals surface area contributed by atoms with Gasteiger partial charge in [-0.2, -0.15) is 0 Å². The summed E-state index contributed by atoms with van der Waals surface area (Å²) < 4.78 is 33.6. The van der Waals surface area contributed by atoms with Crippen molar-refractivity contribution in [3.63, 3.8) is 0 Å². The number of hydrogen-bond acceptors (Lipinski definition) is 5. The normalized spacial score (nSPS) is 11.3. The van der Waals surface area contributed by atoms with E-state index in [1.807, 2.05) is 0 Å². The monoisotopic (exact) mass is 386 g/mol. The minimum atomic E-state index is -0.969. The molecule has 0 amide bonds. The van der Waals surface area contributed by atoms with E-state index in [9.17, 15) is 18.4 Å². The zero-order valence-corrected chi connectivity index (χ0v) is 15.1. The Kier molecular flexibility index (Phi) is 4.00. The van der Waals surface area contributed by atoms with E-state index in [0.29, 0.717) is 37.9 Å². The molecule has 0 saturated heterocycles. The highest BCUT2D eigenvalue weighted by molar-refractivity contribution is 7.19. The second kappa shape index (κ2) is 6.24. The van der Waals surface area contributed by atoms with E-state index in [-0.39, 0.29) is 5.78 Å². The predicted octanol–water partition coefficient (Wildman–Crippen LogP) is 4.29. The van der Waals surface area contributed by atoms with Gasteiger partial charge in [-0.15, -0.1) is 0 Å². The average Bonchev–Trinajstić information content (AvgIpc) is 3.12. The van der Waals surface area contributed by atoms with E-state index >= 15 is 0 Å². The van der Waals surface area contributed by atoms with Crippen LogP contribution in [0.1, 0.15) is 27.9 Å². The summed E-state index contributed by atoms with van der Waals surface area (Å²) in [5, 5.41) is 0. The van der Waals surface area contributed by atoms with Crippen molar-refractivity contribution in [3.05, 3.63) is 64.2 Å². The van der Waals surface area contributed by atoms with Crippen molar-refractivity contribution in [1.29, 1.82) is 0 Å². The lowest BCUT2D eigenvalue weighted by Gasteiger charge is -2.03. The minimum absolute atomic E-state index is 0.229. The number of esters is 1. The number of hydrogen-bond donors (Lipinski definition) is 0. The fraction of sp³-hybridized carbons (Fsp3) is 0.105. The lowest BCUT2D eigenvalue weighted by Crippen LogP contribution is -2.04. The summed E-state index contributed by atoms with van der Waals surface area (Å²) in [6, 6.07) is 8.32. The van der Waals surface area contributed by atoms with Crippen LogP contribution in [0.25, 0.3) is 16.0 Å². The second-order valence-electron chi connectivity index (χ2n) is 5.95. The molecule has 8 heteroatoms. The van der Waals surface area contributed by atoms with Crippen molar-refractivity contribution in [2.75, 3.05) is 0 Å². The Labute approximate surface area is 155 Å². The summed E-state index contributed by atoms with van der Waals surface area (Å²) in [4.78, 5) is 29.0. The largest absolute Gasteiger partial charge is 0.427 e. The van der Waals surface area contributed by atoms with Crippen LogP contribution in [-0.2, 0) is 4.79 Å². The van der Waals surface area contributed by atoms with Gasteiger partial charge in [-0.25, -0.2) is 13.8 Å². The Balaban J connectivity index is 1.77. The number of fused-ring (bicyclic) bond motifs is 3. The molecule has 0 aliphatic heterocycles. The third-order valence-electron chi connectivity index (χ3n) is 4.11. The van der Waals surface area contributed by atoms with E-state index in [2.05, 4.69) is 4.98 Å². The second-order valence-corrected chi connectivity index (χ2v) is 6.93. The van der Waals surface area contributed by atoms with E-state index in [4.69, 9.17) is 4.74 Å². The van der Waals surface area contributed by atoms with Crippen LogP contribution in [0.3, 0.4) is 0 Å². The van der Waals surface area contributed by atoms with Crippen LogP contribution in [0, 0.1) is 18.6 Å². The molecule has 5 nitrogen and oxygen atoms in total. The highest BCUT2D eigenvalue weighted by atomic mass is 32.1. The quantitative estimate of drug-likeness (QED) is 0.299. The summed E-state index contributed by atoms with van der Waals surface area (Å²) in [6.07, 6.45) is 0. The van der Waals surface area contributed by atoms with Gasteiger partial charge in [-0.05, 0) is 31.2 Å². The lowest BCUT2D eigenvalue weighted by molar-refractivity contribution is -0.131. The van der Waals surface area contributed by atoms with E-state index in [1.54, 1.807) is 23.5 Å². The molecule has 0 aliphatic carbocycles. The molecule has 0 saturated carbocycles. The number of aryl methyl sites for hydroxylation is 1. The van der Waals surface area contributed by atoms with Crippen LogP contribution in [0.15, 0.2) is 36.4 Å². The van der Waals surface area contributed by atoms with Gasteiger partial charge in [0.05, 0.1) is 15.9 Å². The highest BCUT2D eigenvalue weighted by Crippen LogP contribution is 2.30. The lowest BCUT2D eigenvalue weighted by atomic mass is 10.1. The molecule has 0 radical (unpaired) electrons. The molecule has 0 spiro atoms. The molecule has 4 aromatic rings. The Bertz CT molecular complexity index is 1230. The van der Waals surface area contributed by atoms with Crippen molar-refractivity contribution >= 4 is 39.1 Å². The van der Waals surface area contributed by atoms with Gasteiger partial charge in [-0.3, -0.25) is 14.0 Å². The number of aromatic nitrogens is 2. The first-order valence-corrected chi connectivity index (χ1v) is 8.76. The van der Waals surface area contributed by atoms with Crippen LogP contribution in [0.2, 0.25) is 0 Å². The number of thiazole rings is 1. The average molecular weight is 386 g/mol. The number of ether oxygens (including phenoxy) is 1. The third-order valence-corrected chi connectivity index (χ3v) is 5.25. The summed E-state index contributed by atoms with van der Waals surface area (Å²) in [7, 11) is 0. The van der Waals surface area contributed by atoms with Gasteiger partial charge in [0.2, 0.25) is 5.78 Å². The third kappa shape index (κ3) is 2.87.